The second-order valence-corrected chi connectivity index (χ2v) is 3.81. The Bertz CT molecular complexity index is 554. The third-order valence-electron chi connectivity index (χ3n) is 2.14. The molecule has 0 saturated carbocycles. The van der Waals surface area contributed by atoms with E-state index in [1.54, 1.807) is 0 Å². The summed E-state index contributed by atoms with van der Waals surface area (Å²) in [6.45, 7) is 1.34. The van der Waals surface area contributed by atoms with E-state index >= 15 is 0 Å². The summed E-state index contributed by atoms with van der Waals surface area (Å²) in [7, 11) is 0. The molecule has 0 bridgehead atoms. The Hall–Kier alpha value is -2.07. The molecular weight excluding hydrogens is 327 g/mol. The summed E-state index contributed by atoms with van der Waals surface area (Å²) in [4.78, 5) is 14.0. The van der Waals surface area contributed by atoms with Crippen molar-refractivity contribution in [3.05, 3.63) is 23.3 Å². The molecule has 0 radical (unpaired) electrons. The molecule has 1 aromatic heterocycles. The van der Waals surface area contributed by atoms with Crippen LogP contribution in [0.5, 0.6) is 5.75 Å². The minimum absolute atomic E-state index is 0.0806. The standard InChI is InChI=1S/C11H8F7NO3/c1-2-21-7(20)4-5-3-6(10(13,14)15)8(9(12)19-5)22-11(16,17)18/h3H,2,4H2,1H3. The van der Waals surface area contributed by atoms with Gasteiger partial charge in [-0.05, 0) is 13.0 Å². The molecule has 0 amide bonds. The maximum absolute atomic E-state index is 13.4. The number of pyridine rings is 1. The van der Waals surface area contributed by atoms with Gasteiger partial charge in [-0.2, -0.15) is 17.6 Å². The van der Waals surface area contributed by atoms with Crippen molar-refractivity contribution in [1.82, 2.24) is 4.98 Å². The molecule has 4 nitrogen and oxygen atoms in total. The molecule has 0 saturated heterocycles. The highest BCUT2D eigenvalue weighted by Crippen LogP contribution is 2.39. The van der Waals surface area contributed by atoms with E-state index in [2.05, 4.69) is 14.5 Å². The average molecular weight is 335 g/mol. The molecule has 0 aliphatic carbocycles. The van der Waals surface area contributed by atoms with Crippen LogP contribution in [0.3, 0.4) is 0 Å². The van der Waals surface area contributed by atoms with Gasteiger partial charge in [-0.25, -0.2) is 4.98 Å². The van der Waals surface area contributed by atoms with E-state index in [0.29, 0.717) is 0 Å². The number of alkyl halides is 6. The van der Waals surface area contributed by atoms with E-state index in [1.807, 2.05) is 0 Å². The first-order valence-electron chi connectivity index (χ1n) is 5.62. The first-order valence-corrected chi connectivity index (χ1v) is 5.62. The van der Waals surface area contributed by atoms with Gasteiger partial charge in [0.25, 0.3) is 5.95 Å². The summed E-state index contributed by atoms with van der Waals surface area (Å²) in [5.74, 6) is -5.24. The number of carbonyl (C=O) groups is 1. The molecule has 1 aromatic rings. The van der Waals surface area contributed by atoms with Crippen LogP contribution in [-0.2, 0) is 22.1 Å². The van der Waals surface area contributed by atoms with Crippen LogP contribution in [0.1, 0.15) is 18.2 Å². The fraction of sp³-hybridized carbons (Fsp3) is 0.455. The maximum Gasteiger partial charge on any atom is 0.573 e. The molecule has 0 aliphatic rings. The smallest absolute Gasteiger partial charge is 0.466 e. The summed E-state index contributed by atoms with van der Waals surface area (Å²) >= 11 is 0. The number of hydrogen-bond donors (Lipinski definition) is 0. The molecule has 0 aromatic carbocycles. The van der Waals surface area contributed by atoms with Crippen molar-refractivity contribution in [3.63, 3.8) is 0 Å². The van der Waals surface area contributed by atoms with Gasteiger partial charge in [0.2, 0.25) is 0 Å². The number of aromatic nitrogens is 1. The van der Waals surface area contributed by atoms with Gasteiger partial charge in [-0.3, -0.25) is 4.79 Å². The zero-order chi connectivity index (χ0) is 17.1. The lowest BCUT2D eigenvalue weighted by atomic mass is 10.1. The van der Waals surface area contributed by atoms with Crippen molar-refractivity contribution in [2.75, 3.05) is 6.61 Å². The average Bonchev–Trinajstić information content (AvgIpc) is 2.29. The molecule has 0 unspecified atom stereocenters. The number of halogens is 7. The van der Waals surface area contributed by atoms with Gasteiger partial charge in [0.15, 0.2) is 5.75 Å². The van der Waals surface area contributed by atoms with E-state index in [9.17, 15) is 35.5 Å². The Kier molecular flexibility index (Phi) is 5.20. The van der Waals surface area contributed by atoms with Gasteiger partial charge >= 0.3 is 18.5 Å². The normalized spacial score (nSPS) is 12.2. The first kappa shape index (κ1) is 18.0. The number of rotatable bonds is 4. The first-order chi connectivity index (χ1) is 9.94. The molecule has 22 heavy (non-hydrogen) atoms. The summed E-state index contributed by atoms with van der Waals surface area (Å²) in [6.07, 6.45) is -11.7. The second kappa shape index (κ2) is 6.36. The third kappa shape index (κ3) is 5.04. The second-order valence-electron chi connectivity index (χ2n) is 3.81. The van der Waals surface area contributed by atoms with Gasteiger partial charge in [-0.15, -0.1) is 13.2 Å². The minimum atomic E-state index is -5.54. The van der Waals surface area contributed by atoms with Crippen molar-refractivity contribution in [2.45, 2.75) is 25.9 Å². The van der Waals surface area contributed by atoms with Crippen LogP contribution in [0.2, 0.25) is 0 Å². The molecule has 1 heterocycles. The summed E-state index contributed by atoms with van der Waals surface area (Å²) in [6, 6.07) is 0.0983. The molecule has 0 aliphatic heterocycles. The van der Waals surface area contributed by atoms with E-state index in [-0.39, 0.29) is 12.7 Å². The number of carbonyl (C=O) groups excluding carboxylic acids is 1. The summed E-state index contributed by atoms with van der Waals surface area (Å²) in [5.41, 5.74) is -2.77. The Labute approximate surface area is 118 Å². The van der Waals surface area contributed by atoms with Crippen LogP contribution >= 0.6 is 0 Å². The van der Waals surface area contributed by atoms with Crippen molar-refractivity contribution in [3.8, 4) is 5.75 Å². The molecule has 0 spiro atoms. The van der Waals surface area contributed by atoms with Crippen LogP contribution in [0.15, 0.2) is 6.07 Å². The van der Waals surface area contributed by atoms with Crippen molar-refractivity contribution >= 4 is 5.97 Å². The molecule has 0 N–H and O–H groups in total. The highest BCUT2D eigenvalue weighted by molar-refractivity contribution is 5.72. The lowest BCUT2D eigenvalue weighted by molar-refractivity contribution is -0.277. The number of ether oxygens (including phenoxy) is 2. The van der Waals surface area contributed by atoms with Crippen LogP contribution in [0.4, 0.5) is 30.7 Å². The largest absolute Gasteiger partial charge is 0.573 e. The van der Waals surface area contributed by atoms with E-state index in [4.69, 9.17) is 0 Å². The summed E-state index contributed by atoms with van der Waals surface area (Å²) < 4.78 is 95.1. The predicted octanol–water partition coefficient (Wildman–Crippen LogP) is 3.24. The Morgan fingerprint density at radius 2 is 1.82 bits per heavy atom. The highest BCUT2D eigenvalue weighted by atomic mass is 19.4. The number of nitrogens with zero attached hydrogens (tertiary/aromatic N) is 1. The Morgan fingerprint density at radius 1 is 1.23 bits per heavy atom. The van der Waals surface area contributed by atoms with Gasteiger partial charge in [0.05, 0.1) is 18.7 Å². The zero-order valence-electron chi connectivity index (χ0n) is 10.8. The molecule has 0 atom stereocenters. The van der Waals surface area contributed by atoms with Crippen molar-refractivity contribution in [1.29, 1.82) is 0 Å². The minimum Gasteiger partial charge on any atom is -0.466 e. The molecular formula is C11H8F7NO3. The van der Waals surface area contributed by atoms with E-state index in [0.717, 1.165) is 0 Å². The van der Waals surface area contributed by atoms with Crippen LogP contribution in [0, 0.1) is 5.95 Å². The van der Waals surface area contributed by atoms with Crippen LogP contribution in [0.25, 0.3) is 0 Å². The maximum atomic E-state index is 13.4. The zero-order valence-corrected chi connectivity index (χ0v) is 10.8. The monoisotopic (exact) mass is 335 g/mol. The SMILES string of the molecule is CCOC(=O)Cc1cc(C(F)(F)F)c(OC(F)(F)F)c(F)n1. The Morgan fingerprint density at radius 3 is 2.27 bits per heavy atom. The van der Waals surface area contributed by atoms with Crippen molar-refractivity contribution < 1.29 is 45.0 Å². The third-order valence-corrected chi connectivity index (χ3v) is 2.14. The van der Waals surface area contributed by atoms with Crippen molar-refractivity contribution in [2.24, 2.45) is 0 Å². The van der Waals surface area contributed by atoms with Crippen LogP contribution < -0.4 is 4.74 Å². The lowest BCUT2D eigenvalue weighted by Gasteiger charge is -2.16. The van der Waals surface area contributed by atoms with E-state index in [1.165, 1.54) is 6.92 Å². The molecule has 124 valence electrons. The lowest BCUT2D eigenvalue weighted by Crippen LogP contribution is -2.22. The van der Waals surface area contributed by atoms with Gasteiger partial charge in [-0.1, -0.05) is 0 Å². The highest BCUT2D eigenvalue weighted by Gasteiger charge is 2.42. The topological polar surface area (TPSA) is 48.4 Å². The Balaban J connectivity index is 3.27. The quantitative estimate of drug-likeness (QED) is 0.481. The fourth-order valence-electron chi connectivity index (χ4n) is 1.43. The van der Waals surface area contributed by atoms with E-state index < -0.39 is 47.9 Å². The van der Waals surface area contributed by atoms with Gasteiger partial charge in [0.1, 0.15) is 5.56 Å². The molecule has 0 fully saturated rings. The number of hydrogen-bond acceptors (Lipinski definition) is 4. The molecule has 1 rings (SSSR count). The van der Waals surface area contributed by atoms with Crippen LogP contribution in [-0.4, -0.2) is 23.9 Å². The van der Waals surface area contributed by atoms with Gasteiger partial charge in [0, 0.05) is 0 Å². The predicted molar refractivity (Wildman–Crippen MR) is 56.2 cm³/mol. The number of esters is 1. The molecule has 11 heteroatoms. The summed E-state index contributed by atoms with van der Waals surface area (Å²) in [5, 5.41) is 0. The van der Waals surface area contributed by atoms with Gasteiger partial charge < -0.3 is 9.47 Å². The fourth-order valence-corrected chi connectivity index (χ4v) is 1.43.